The molecule has 1 unspecified atom stereocenters. The summed E-state index contributed by atoms with van der Waals surface area (Å²) in [6.07, 6.45) is 9.13. The lowest BCUT2D eigenvalue weighted by Gasteiger charge is -2.42. The molecule has 4 fully saturated rings. The minimum atomic E-state index is -0.785. The van der Waals surface area contributed by atoms with E-state index < -0.39 is 17.6 Å². The van der Waals surface area contributed by atoms with Gasteiger partial charge in [-0.05, 0) is 81.9 Å². The Labute approximate surface area is 200 Å². The number of amides is 1. The normalized spacial score (nSPS) is 23.7. The van der Waals surface area contributed by atoms with Crippen LogP contribution in [0.3, 0.4) is 0 Å². The number of nitrogens with zero attached hydrogens (tertiary/aromatic N) is 1. The van der Waals surface area contributed by atoms with Gasteiger partial charge in [-0.3, -0.25) is 4.79 Å². The third-order valence-corrected chi connectivity index (χ3v) is 7.99. The molecule has 0 spiro atoms. The number of carbonyl (C=O) groups excluding carboxylic acids is 1. The second-order valence-electron chi connectivity index (χ2n) is 10.8. The smallest absolute Gasteiger partial charge is 0.231 e. The highest BCUT2D eigenvalue weighted by atomic mass is 19.1. The van der Waals surface area contributed by atoms with Crippen LogP contribution in [-0.2, 0) is 9.53 Å². The van der Waals surface area contributed by atoms with Crippen LogP contribution in [-0.4, -0.2) is 31.6 Å². The van der Waals surface area contributed by atoms with Crippen LogP contribution < -0.4 is 15.5 Å². The number of hydrogen-bond donors (Lipinski definition) is 2. The maximum absolute atomic E-state index is 15.0. The summed E-state index contributed by atoms with van der Waals surface area (Å²) in [5, 5.41) is 6.15. The second kappa shape index (κ2) is 9.23. The SMILES string of the molecule is C=C(NC1CN(c2cc(F)c(C3CCC(=C4CCC4)NC3=O)c(F)c2)C1)OCCCC1(C)CC1. The standard InChI is InChI=1S/C27H35F2N3O2/c1-17(34-12-4-9-27(2)10-11-27)30-19-15-32(16-19)20-13-22(28)25(23(29)14-20)21-7-8-24(31-26(21)33)18-5-3-6-18/h13-14,19,21,30H,1,3-12,15-16H2,2H3,(H,31,33). The van der Waals surface area contributed by atoms with Crippen molar-refractivity contribution < 1.29 is 18.3 Å². The maximum atomic E-state index is 15.0. The highest BCUT2D eigenvalue weighted by Crippen LogP contribution is 2.48. The summed E-state index contributed by atoms with van der Waals surface area (Å²) in [6, 6.07) is 2.83. The number of allylic oxidation sites excluding steroid dienone is 2. The Kier molecular flexibility index (Phi) is 6.30. The van der Waals surface area contributed by atoms with Crippen molar-refractivity contribution >= 4 is 11.6 Å². The van der Waals surface area contributed by atoms with Gasteiger partial charge in [-0.25, -0.2) is 8.78 Å². The molecule has 1 amide bonds. The molecule has 0 aromatic heterocycles. The van der Waals surface area contributed by atoms with Crippen LogP contribution in [0.5, 0.6) is 0 Å². The Bertz CT molecular complexity index is 982. The molecule has 2 saturated heterocycles. The third kappa shape index (κ3) is 4.93. The summed E-state index contributed by atoms with van der Waals surface area (Å²) in [5.41, 5.74) is 3.16. The van der Waals surface area contributed by atoms with Crippen molar-refractivity contribution in [2.75, 3.05) is 24.6 Å². The first-order valence-corrected chi connectivity index (χ1v) is 12.7. The molecule has 1 aromatic carbocycles. The van der Waals surface area contributed by atoms with E-state index >= 15 is 0 Å². The fourth-order valence-corrected chi connectivity index (χ4v) is 5.21. The van der Waals surface area contributed by atoms with Crippen molar-refractivity contribution in [1.82, 2.24) is 10.6 Å². The van der Waals surface area contributed by atoms with Gasteiger partial charge in [-0.1, -0.05) is 12.5 Å². The van der Waals surface area contributed by atoms with Crippen LogP contribution in [0.25, 0.3) is 0 Å². The molecule has 2 aliphatic heterocycles. The van der Waals surface area contributed by atoms with Crippen molar-refractivity contribution in [2.24, 2.45) is 5.41 Å². The summed E-state index contributed by atoms with van der Waals surface area (Å²) < 4.78 is 35.7. The molecular weight excluding hydrogens is 436 g/mol. The number of anilines is 1. The fourth-order valence-electron chi connectivity index (χ4n) is 5.21. The van der Waals surface area contributed by atoms with Crippen LogP contribution in [0, 0.1) is 17.0 Å². The van der Waals surface area contributed by atoms with E-state index in [1.807, 2.05) is 4.90 Å². The Morgan fingerprint density at radius 2 is 1.94 bits per heavy atom. The number of rotatable bonds is 9. The number of nitrogens with one attached hydrogen (secondary N) is 2. The predicted octanol–water partition coefficient (Wildman–Crippen LogP) is 5.24. The van der Waals surface area contributed by atoms with E-state index in [0.717, 1.165) is 31.4 Å². The molecule has 0 radical (unpaired) electrons. The fraction of sp³-hybridized carbons (Fsp3) is 0.593. The van der Waals surface area contributed by atoms with Crippen LogP contribution in [0.4, 0.5) is 14.5 Å². The predicted molar refractivity (Wildman–Crippen MR) is 128 cm³/mol. The van der Waals surface area contributed by atoms with Gasteiger partial charge in [0, 0.05) is 30.0 Å². The molecule has 2 N–H and O–H groups in total. The van der Waals surface area contributed by atoms with Crippen molar-refractivity contribution in [2.45, 2.75) is 76.7 Å². The molecule has 5 nitrogen and oxygen atoms in total. The minimum absolute atomic E-state index is 0.115. The Morgan fingerprint density at radius 3 is 2.53 bits per heavy atom. The van der Waals surface area contributed by atoms with E-state index in [1.165, 1.54) is 37.0 Å². The number of benzene rings is 1. The molecule has 2 saturated carbocycles. The molecule has 1 aromatic rings. The van der Waals surface area contributed by atoms with Gasteiger partial charge >= 0.3 is 0 Å². The lowest BCUT2D eigenvalue weighted by molar-refractivity contribution is -0.123. The number of carbonyl (C=O) groups is 1. The molecular formula is C27H35F2N3O2. The molecule has 184 valence electrons. The van der Waals surface area contributed by atoms with Crippen molar-refractivity contribution in [3.05, 3.63) is 53.1 Å². The number of ether oxygens (including phenoxy) is 1. The quantitative estimate of drug-likeness (QED) is 0.382. The van der Waals surface area contributed by atoms with E-state index in [4.69, 9.17) is 4.74 Å². The van der Waals surface area contributed by atoms with Crippen molar-refractivity contribution in [1.29, 1.82) is 0 Å². The van der Waals surface area contributed by atoms with Gasteiger partial charge in [0.25, 0.3) is 0 Å². The first-order valence-electron chi connectivity index (χ1n) is 12.7. The molecule has 1 atom stereocenters. The van der Waals surface area contributed by atoms with Gasteiger partial charge in [0.2, 0.25) is 5.91 Å². The molecule has 2 aliphatic carbocycles. The zero-order chi connectivity index (χ0) is 23.9. The highest BCUT2D eigenvalue weighted by molar-refractivity contribution is 5.86. The summed E-state index contributed by atoms with van der Waals surface area (Å²) in [4.78, 5) is 14.5. The first-order chi connectivity index (χ1) is 16.3. The summed E-state index contributed by atoms with van der Waals surface area (Å²) in [7, 11) is 0. The molecule has 0 bridgehead atoms. The molecule has 7 heteroatoms. The van der Waals surface area contributed by atoms with Crippen LogP contribution in [0.2, 0.25) is 0 Å². The molecule has 34 heavy (non-hydrogen) atoms. The van der Waals surface area contributed by atoms with Gasteiger partial charge in [0.1, 0.15) is 11.6 Å². The zero-order valence-corrected chi connectivity index (χ0v) is 20.0. The van der Waals surface area contributed by atoms with Crippen molar-refractivity contribution in [3.8, 4) is 0 Å². The highest BCUT2D eigenvalue weighted by Gasteiger charge is 2.36. The number of hydrogen-bond acceptors (Lipinski definition) is 4. The maximum Gasteiger partial charge on any atom is 0.231 e. The van der Waals surface area contributed by atoms with Gasteiger partial charge < -0.3 is 20.3 Å². The van der Waals surface area contributed by atoms with Crippen molar-refractivity contribution in [3.63, 3.8) is 0 Å². The lowest BCUT2D eigenvalue weighted by atomic mass is 9.83. The summed E-state index contributed by atoms with van der Waals surface area (Å²) >= 11 is 0. The average Bonchev–Trinajstić information content (AvgIpc) is 3.45. The van der Waals surface area contributed by atoms with E-state index in [1.54, 1.807) is 0 Å². The Morgan fingerprint density at radius 1 is 1.24 bits per heavy atom. The third-order valence-electron chi connectivity index (χ3n) is 7.99. The van der Waals surface area contributed by atoms with Gasteiger partial charge in [0.15, 0.2) is 5.88 Å². The lowest BCUT2D eigenvalue weighted by Crippen LogP contribution is -2.58. The van der Waals surface area contributed by atoms with Gasteiger partial charge in [-0.15, -0.1) is 0 Å². The summed E-state index contributed by atoms with van der Waals surface area (Å²) in [6.45, 7) is 8.13. The van der Waals surface area contributed by atoms with Gasteiger partial charge in [-0.2, -0.15) is 0 Å². The Hall–Kier alpha value is -2.57. The van der Waals surface area contributed by atoms with Crippen LogP contribution in [0.1, 0.15) is 76.2 Å². The minimum Gasteiger partial charge on any atom is -0.480 e. The largest absolute Gasteiger partial charge is 0.480 e. The summed E-state index contributed by atoms with van der Waals surface area (Å²) in [5.74, 6) is -1.83. The van der Waals surface area contributed by atoms with Crippen LogP contribution >= 0.6 is 0 Å². The second-order valence-corrected chi connectivity index (χ2v) is 10.8. The molecule has 5 rings (SSSR count). The Balaban J connectivity index is 1.11. The van der Waals surface area contributed by atoms with Gasteiger partial charge in [0.05, 0.1) is 18.6 Å². The van der Waals surface area contributed by atoms with Crippen LogP contribution in [0.15, 0.2) is 35.9 Å². The first kappa shape index (κ1) is 23.2. The van der Waals surface area contributed by atoms with E-state index in [0.29, 0.717) is 49.5 Å². The van der Waals surface area contributed by atoms with E-state index in [2.05, 4.69) is 24.1 Å². The number of piperidine rings is 1. The monoisotopic (exact) mass is 471 g/mol. The molecule has 4 aliphatic rings. The topological polar surface area (TPSA) is 53.6 Å². The van der Waals surface area contributed by atoms with E-state index in [9.17, 15) is 13.6 Å². The average molecular weight is 472 g/mol. The molecule has 2 heterocycles. The zero-order valence-electron chi connectivity index (χ0n) is 20.0. The number of halogens is 2. The van der Waals surface area contributed by atoms with E-state index in [-0.39, 0.29) is 17.5 Å².